The van der Waals surface area contributed by atoms with Crippen LogP contribution in [0.3, 0.4) is 0 Å². The lowest BCUT2D eigenvalue weighted by Crippen LogP contribution is -2.33. The van der Waals surface area contributed by atoms with Gasteiger partial charge in [-0.3, -0.25) is 5.10 Å². The predicted octanol–water partition coefficient (Wildman–Crippen LogP) is 3.53. The van der Waals surface area contributed by atoms with Gasteiger partial charge in [-0.05, 0) is 19.1 Å². The lowest BCUT2D eigenvalue weighted by Gasteiger charge is -2.28. The minimum absolute atomic E-state index is 0.0782. The van der Waals surface area contributed by atoms with Crippen LogP contribution in [0.15, 0.2) is 40.9 Å². The molecule has 1 atom stereocenters. The molecular weight excluding hydrogens is 338 g/mol. The second kappa shape index (κ2) is 5.64. The Morgan fingerprint density at radius 1 is 1.16 bits per heavy atom. The average Bonchev–Trinajstić information content (AvgIpc) is 2.99. The van der Waals surface area contributed by atoms with Crippen LogP contribution in [0.4, 0.5) is 17.6 Å². The third kappa shape index (κ3) is 2.60. The molecule has 5 nitrogen and oxygen atoms in total. The lowest BCUT2D eigenvalue weighted by molar-refractivity contribution is -0.0969. The van der Waals surface area contributed by atoms with Crippen LogP contribution < -0.4 is 5.32 Å². The van der Waals surface area contributed by atoms with Gasteiger partial charge in [0.05, 0.1) is 40.9 Å². The summed E-state index contributed by atoms with van der Waals surface area (Å²) < 4.78 is 54.4. The number of allylic oxidation sites excluding steroid dienone is 4. The first-order valence-electron chi connectivity index (χ1n) is 6.99. The van der Waals surface area contributed by atoms with Crippen LogP contribution in [-0.4, -0.2) is 16.4 Å². The van der Waals surface area contributed by atoms with E-state index in [9.17, 15) is 28.1 Å². The van der Waals surface area contributed by atoms with E-state index in [-0.39, 0.29) is 16.8 Å². The summed E-state index contributed by atoms with van der Waals surface area (Å²) in [6.45, 7) is 1.28. The topological polar surface area (TPSA) is 88.3 Å². The Morgan fingerprint density at radius 2 is 1.84 bits per heavy atom. The van der Waals surface area contributed by atoms with Crippen molar-refractivity contribution in [3.8, 4) is 12.1 Å². The van der Waals surface area contributed by atoms with Gasteiger partial charge in [-0.25, -0.2) is 4.39 Å². The summed E-state index contributed by atoms with van der Waals surface area (Å²) in [5.41, 5.74) is -2.10. The molecule has 2 N–H and O–H groups in total. The maximum absolute atomic E-state index is 14.5. The largest absolute Gasteiger partial charge is 0.432 e. The van der Waals surface area contributed by atoms with Crippen LogP contribution in [0.1, 0.15) is 18.4 Å². The minimum atomic E-state index is -4.85. The molecule has 2 heterocycles. The summed E-state index contributed by atoms with van der Waals surface area (Å²) in [5.74, 6) is -2.29. The fourth-order valence-electron chi connectivity index (χ4n) is 2.83. The fraction of sp³-hybridized carbons (Fsp3) is 0.188. The van der Waals surface area contributed by atoms with Crippen molar-refractivity contribution in [3.63, 3.8) is 0 Å². The van der Waals surface area contributed by atoms with Gasteiger partial charge in [-0.2, -0.15) is 28.8 Å². The number of benzene rings is 1. The molecule has 0 spiro atoms. The van der Waals surface area contributed by atoms with Crippen LogP contribution in [0.5, 0.6) is 0 Å². The Labute approximate surface area is 138 Å². The lowest BCUT2D eigenvalue weighted by atomic mass is 9.80. The smallest absolute Gasteiger partial charge is 0.353 e. The molecule has 2 aromatic rings. The van der Waals surface area contributed by atoms with Crippen molar-refractivity contribution in [1.29, 1.82) is 10.5 Å². The monoisotopic (exact) mass is 347 g/mol. The van der Waals surface area contributed by atoms with Gasteiger partial charge in [0, 0.05) is 16.6 Å². The summed E-state index contributed by atoms with van der Waals surface area (Å²) in [4.78, 5) is 0. The van der Waals surface area contributed by atoms with Gasteiger partial charge in [0.15, 0.2) is 0 Å². The second-order valence-corrected chi connectivity index (χ2v) is 5.44. The van der Waals surface area contributed by atoms with Crippen molar-refractivity contribution >= 4 is 10.9 Å². The van der Waals surface area contributed by atoms with E-state index in [4.69, 9.17) is 0 Å². The molecule has 1 unspecified atom stereocenters. The molecule has 3 rings (SSSR count). The van der Waals surface area contributed by atoms with Gasteiger partial charge >= 0.3 is 6.18 Å². The van der Waals surface area contributed by atoms with Crippen molar-refractivity contribution in [2.24, 2.45) is 0 Å². The van der Waals surface area contributed by atoms with Crippen molar-refractivity contribution in [1.82, 2.24) is 15.5 Å². The van der Waals surface area contributed by atoms with Crippen molar-refractivity contribution in [2.75, 3.05) is 0 Å². The molecule has 1 aliphatic rings. The highest BCUT2D eigenvalue weighted by Crippen LogP contribution is 2.43. The number of aromatic amines is 1. The number of nitrogens with zero attached hydrogens (tertiary/aromatic N) is 3. The van der Waals surface area contributed by atoms with Crippen LogP contribution in [0.25, 0.3) is 10.9 Å². The van der Waals surface area contributed by atoms with E-state index in [0.29, 0.717) is 10.9 Å². The van der Waals surface area contributed by atoms with Gasteiger partial charge in [0.25, 0.3) is 0 Å². The van der Waals surface area contributed by atoms with Gasteiger partial charge < -0.3 is 5.32 Å². The number of hydrogen-bond donors (Lipinski definition) is 2. The highest BCUT2D eigenvalue weighted by Gasteiger charge is 2.43. The first-order valence-corrected chi connectivity index (χ1v) is 6.99. The first-order chi connectivity index (χ1) is 11.8. The number of aromatic nitrogens is 2. The quantitative estimate of drug-likeness (QED) is 0.773. The molecule has 0 bridgehead atoms. The van der Waals surface area contributed by atoms with Gasteiger partial charge in [-0.1, -0.05) is 0 Å². The second-order valence-electron chi connectivity index (χ2n) is 5.44. The number of hydrogen-bond acceptors (Lipinski definition) is 4. The molecule has 25 heavy (non-hydrogen) atoms. The number of halogens is 4. The third-order valence-corrected chi connectivity index (χ3v) is 3.96. The Morgan fingerprint density at radius 3 is 2.44 bits per heavy atom. The summed E-state index contributed by atoms with van der Waals surface area (Å²) in [7, 11) is 0. The predicted molar refractivity (Wildman–Crippen MR) is 78.9 cm³/mol. The molecule has 9 heteroatoms. The molecule has 0 amide bonds. The minimum Gasteiger partial charge on any atom is -0.353 e. The van der Waals surface area contributed by atoms with E-state index in [1.807, 2.05) is 0 Å². The van der Waals surface area contributed by atoms with Crippen LogP contribution >= 0.6 is 0 Å². The van der Waals surface area contributed by atoms with E-state index in [0.717, 1.165) is 6.07 Å². The molecule has 0 fully saturated rings. The van der Waals surface area contributed by atoms with E-state index < -0.39 is 29.2 Å². The number of nitriles is 2. The van der Waals surface area contributed by atoms with E-state index in [1.165, 1.54) is 25.3 Å². The highest BCUT2D eigenvalue weighted by atomic mass is 19.4. The number of fused-ring (bicyclic) bond motifs is 1. The molecule has 0 aliphatic carbocycles. The maximum Gasteiger partial charge on any atom is 0.432 e. The Hall–Kier alpha value is -3.33. The molecule has 0 saturated heterocycles. The first kappa shape index (κ1) is 16.5. The summed E-state index contributed by atoms with van der Waals surface area (Å²) in [6.07, 6.45) is -3.47. The van der Waals surface area contributed by atoms with Crippen molar-refractivity contribution in [3.05, 3.63) is 52.3 Å². The van der Waals surface area contributed by atoms with Gasteiger partial charge in [0.2, 0.25) is 0 Å². The molecule has 1 aromatic heterocycles. The zero-order valence-corrected chi connectivity index (χ0v) is 12.7. The van der Waals surface area contributed by atoms with E-state index in [1.54, 1.807) is 6.07 Å². The summed E-state index contributed by atoms with van der Waals surface area (Å²) in [5, 5.41) is 27.5. The fourth-order valence-corrected chi connectivity index (χ4v) is 2.83. The summed E-state index contributed by atoms with van der Waals surface area (Å²) >= 11 is 0. The standard InChI is InChI=1S/C16H9F4N5/c1-7-10(4-21)14(11(5-22)15(24-7)16(18,19)20)9-2-8-6-23-25-13(8)3-12(9)17/h2-3,6,14,24H,1H3,(H,23,25). The molecule has 126 valence electrons. The Kier molecular flexibility index (Phi) is 3.73. The number of dihydropyridines is 1. The maximum atomic E-state index is 14.5. The third-order valence-electron chi connectivity index (χ3n) is 3.96. The molecule has 0 saturated carbocycles. The molecule has 1 aromatic carbocycles. The van der Waals surface area contributed by atoms with Gasteiger partial charge in [0.1, 0.15) is 11.5 Å². The molecule has 1 aliphatic heterocycles. The summed E-state index contributed by atoms with van der Waals surface area (Å²) in [6, 6.07) is 5.63. The van der Waals surface area contributed by atoms with Crippen molar-refractivity contribution in [2.45, 2.75) is 19.0 Å². The SMILES string of the molecule is CC1=C(C#N)C(c2cc3cn[nH]c3cc2F)C(C#N)=C(C(F)(F)F)N1. The highest BCUT2D eigenvalue weighted by molar-refractivity contribution is 5.79. The van der Waals surface area contributed by atoms with Crippen molar-refractivity contribution < 1.29 is 17.6 Å². The average molecular weight is 347 g/mol. The Bertz CT molecular complexity index is 1010. The number of nitrogens with one attached hydrogen (secondary N) is 2. The van der Waals surface area contributed by atoms with Crippen LogP contribution in [-0.2, 0) is 0 Å². The number of H-pyrrole nitrogens is 1. The van der Waals surface area contributed by atoms with Gasteiger partial charge in [-0.15, -0.1) is 0 Å². The zero-order valence-electron chi connectivity index (χ0n) is 12.7. The van der Waals surface area contributed by atoms with E-state index in [2.05, 4.69) is 15.5 Å². The normalized spacial score (nSPS) is 18.1. The Balaban J connectivity index is 2.33. The number of rotatable bonds is 1. The number of alkyl halides is 3. The molecular formula is C16H9F4N5. The van der Waals surface area contributed by atoms with Crippen LogP contribution in [0, 0.1) is 28.5 Å². The van der Waals surface area contributed by atoms with E-state index >= 15 is 0 Å². The van der Waals surface area contributed by atoms with Crippen LogP contribution in [0.2, 0.25) is 0 Å². The molecule has 0 radical (unpaired) electrons. The zero-order chi connectivity index (χ0) is 18.4.